The van der Waals surface area contributed by atoms with Gasteiger partial charge in [0, 0.05) is 13.1 Å². The summed E-state index contributed by atoms with van der Waals surface area (Å²) in [5.74, 6) is -0.693. The normalized spacial score (nSPS) is 17.3. The van der Waals surface area contributed by atoms with Crippen LogP contribution in [0.25, 0.3) is 0 Å². The van der Waals surface area contributed by atoms with Crippen LogP contribution in [0.2, 0.25) is 0 Å². The molecule has 0 amide bonds. The van der Waals surface area contributed by atoms with Crippen LogP contribution in [-0.4, -0.2) is 47.2 Å². The van der Waals surface area contributed by atoms with Gasteiger partial charge in [-0.1, -0.05) is 6.92 Å². The number of rotatable bonds is 4. The average Bonchev–Trinajstić information content (AvgIpc) is 2.54. The van der Waals surface area contributed by atoms with Crippen LogP contribution >= 0.6 is 0 Å². The number of carbonyl (C=O) groups excluding carboxylic acids is 1. The molecule has 2 heterocycles. The van der Waals surface area contributed by atoms with Crippen molar-refractivity contribution < 1.29 is 19.4 Å². The van der Waals surface area contributed by atoms with Gasteiger partial charge >= 0.3 is 11.9 Å². The van der Waals surface area contributed by atoms with Crippen LogP contribution in [0.4, 0.5) is 5.82 Å². The van der Waals surface area contributed by atoms with Crippen LogP contribution in [-0.2, 0) is 9.53 Å². The third-order valence-electron chi connectivity index (χ3n) is 4.19. The number of carboxylic acids is 1. The Labute approximate surface area is 123 Å². The van der Waals surface area contributed by atoms with Gasteiger partial charge in [0.1, 0.15) is 5.82 Å². The lowest BCUT2D eigenvalue weighted by Gasteiger charge is -2.38. The average molecular weight is 293 g/mol. The topological polar surface area (TPSA) is 92.6 Å². The molecule has 1 aliphatic rings. The van der Waals surface area contributed by atoms with Crippen molar-refractivity contribution in [2.45, 2.75) is 26.2 Å². The van der Waals surface area contributed by atoms with Crippen LogP contribution in [0.15, 0.2) is 12.4 Å². The number of nitrogens with zero attached hydrogens (tertiary/aromatic N) is 3. The summed E-state index contributed by atoms with van der Waals surface area (Å²) in [6.45, 7) is 3.07. The summed E-state index contributed by atoms with van der Waals surface area (Å²) in [5, 5.41) is 9.39. The van der Waals surface area contributed by atoms with Crippen molar-refractivity contribution in [2.75, 3.05) is 25.1 Å². The number of ether oxygens (including phenoxy) is 1. The Morgan fingerprint density at radius 3 is 2.57 bits per heavy atom. The predicted molar refractivity (Wildman–Crippen MR) is 75.2 cm³/mol. The maximum absolute atomic E-state index is 11.5. The lowest BCUT2D eigenvalue weighted by Crippen LogP contribution is -2.44. The second-order valence-electron chi connectivity index (χ2n) is 5.18. The number of hydrogen-bond acceptors (Lipinski definition) is 6. The summed E-state index contributed by atoms with van der Waals surface area (Å²) in [6.07, 6.45) is 4.66. The Hall–Kier alpha value is -2.18. The third kappa shape index (κ3) is 2.96. The first kappa shape index (κ1) is 15.2. The van der Waals surface area contributed by atoms with E-state index in [1.165, 1.54) is 13.3 Å². The quantitative estimate of drug-likeness (QED) is 0.837. The van der Waals surface area contributed by atoms with Crippen molar-refractivity contribution in [2.24, 2.45) is 5.41 Å². The van der Waals surface area contributed by atoms with Crippen molar-refractivity contribution in [1.82, 2.24) is 9.97 Å². The minimum Gasteiger partial charge on any atom is -0.481 e. The first-order chi connectivity index (χ1) is 10.0. The van der Waals surface area contributed by atoms with E-state index in [1.54, 1.807) is 6.20 Å². The Morgan fingerprint density at radius 2 is 2.05 bits per heavy atom. The summed E-state index contributed by atoms with van der Waals surface area (Å²) < 4.78 is 4.62. The first-order valence-corrected chi connectivity index (χ1v) is 6.91. The lowest BCUT2D eigenvalue weighted by molar-refractivity contribution is -0.150. The van der Waals surface area contributed by atoms with Gasteiger partial charge < -0.3 is 14.7 Å². The highest BCUT2D eigenvalue weighted by Crippen LogP contribution is 2.36. The SMILES string of the molecule is CCC1(C(=O)O)CCN(c2cncc(C(=O)OC)n2)CC1. The Balaban J connectivity index is 2.12. The molecule has 21 heavy (non-hydrogen) atoms. The fourth-order valence-electron chi connectivity index (χ4n) is 2.59. The Morgan fingerprint density at radius 1 is 1.38 bits per heavy atom. The largest absolute Gasteiger partial charge is 0.481 e. The molecule has 1 aliphatic heterocycles. The molecule has 7 heteroatoms. The molecular weight excluding hydrogens is 274 g/mol. The van der Waals surface area contributed by atoms with Gasteiger partial charge in [-0.3, -0.25) is 9.78 Å². The monoisotopic (exact) mass is 293 g/mol. The van der Waals surface area contributed by atoms with Gasteiger partial charge in [-0.05, 0) is 19.3 Å². The second-order valence-corrected chi connectivity index (χ2v) is 5.18. The van der Waals surface area contributed by atoms with E-state index in [0.29, 0.717) is 38.2 Å². The van der Waals surface area contributed by atoms with E-state index in [0.717, 1.165) is 0 Å². The smallest absolute Gasteiger partial charge is 0.358 e. The van der Waals surface area contributed by atoms with Crippen molar-refractivity contribution >= 4 is 17.8 Å². The molecule has 114 valence electrons. The van der Waals surface area contributed by atoms with Gasteiger partial charge in [0.05, 0.1) is 24.9 Å². The molecule has 1 N–H and O–H groups in total. The van der Waals surface area contributed by atoms with E-state index < -0.39 is 17.4 Å². The molecule has 1 aromatic rings. The molecule has 1 saturated heterocycles. The molecule has 7 nitrogen and oxygen atoms in total. The van der Waals surface area contributed by atoms with E-state index in [4.69, 9.17) is 0 Å². The van der Waals surface area contributed by atoms with E-state index >= 15 is 0 Å². The van der Waals surface area contributed by atoms with Crippen LogP contribution in [0, 0.1) is 5.41 Å². The summed E-state index contributed by atoms with van der Waals surface area (Å²) >= 11 is 0. The number of anilines is 1. The summed E-state index contributed by atoms with van der Waals surface area (Å²) in [5.41, 5.74) is -0.496. The molecule has 0 bridgehead atoms. The summed E-state index contributed by atoms with van der Waals surface area (Å²) in [7, 11) is 1.29. The summed E-state index contributed by atoms with van der Waals surface area (Å²) in [6, 6.07) is 0. The third-order valence-corrected chi connectivity index (χ3v) is 4.19. The van der Waals surface area contributed by atoms with Gasteiger partial charge in [0.15, 0.2) is 5.69 Å². The Kier molecular flexibility index (Phi) is 4.40. The lowest BCUT2D eigenvalue weighted by atomic mass is 9.76. The minimum atomic E-state index is -0.737. The maximum Gasteiger partial charge on any atom is 0.358 e. The summed E-state index contributed by atoms with van der Waals surface area (Å²) in [4.78, 5) is 33.1. The van der Waals surface area contributed by atoms with E-state index in [-0.39, 0.29) is 5.69 Å². The molecule has 1 fully saturated rings. The van der Waals surface area contributed by atoms with Gasteiger partial charge in [0.25, 0.3) is 0 Å². The molecule has 0 spiro atoms. The molecule has 0 radical (unpaired) electrons. The molecular formula is C14H19N3O4. The van der Waals surface area contributed by atoms with Gasteiger partial charge in [-0.2, -0.15) is 0 Å². The minimum absolute atomic E-state index is 0.153. The zero-order valence-corrected chi connectivity index (χ0v) is 12.2. The molecule has 0 atom stereocenters. The van der Waals surface area contributed by atoms with Crippen molar-refractivity contribution in [3.63, 3.8) is 0 Å². The molecule has 0 saturated carbocycles. The number of piperidine rings is 1. The van der Waals surface area contributed by atoms with Gasteiger partial charge in [-0.25, -0.2) is 9.78 Å². The van der Waals surface area contributed by atoms with E-state index in [2.05, 4.69) is 14.7 Å². The first-order valence-electron chi connectivity index (χ1n) is 6.91. The number of methoxy groups -OCH3 is 1. The van der Waals surface area contributed by atoms with Gasteiger partial charge in [-0.15, -0.1) is 0 Å². The second kappa shape index (κ2) is 6.07. The fourth-order valence-corrected chi connectivity index (χ4v) is 2.59. The zero-order chi connectivity index (χ0) is 15.5. The van der Waals surface area contributed by atoms with Crippen molar-refractivity contribution in [3.05, 3.63) is 18.1 Å². The molecule has 2 rings (SSSR count). The van der Waals surface area contributed by atoms with E-state index in [9.17, 15) is 14.7 Å². The molecule has 1 aromatic heterocycles. The number of aliphatic carboxylic acids is 1. The highest BCUT2D eigenvalue weighted by molar-refractivity contribution is 5.87. The number of hydrogen-bond donors (Lipinski definition) is 1. The van der Waals surface area contributed by atoms with Crippen LogP contribution in [0.3, 0.4) is 0 Å². The van der Waals surface area contributed by atoms with Crippen LogP contribution in [0.1, 0.15) is 36.7 Å². The standard InChI is InChI=1S/C14H19N3O4/c1-3-14(13(19)20)4-6-17(7-5-14)11-9-15-8-10(16-11)12(18)21-2/h8-9H,3-7H2,1-2H3,(H,19,20). The zero-order valence-electron chi connectivity index (χ0n) is 12.2. The van der Waals surface area contributed by atoms with Crippen molar-refractivity contribution in [1.29, 1.82) is 0 Å². The van der Waals surface area contributed by atoms with Crippen LogP contribution < -0.4 is 4.90 Å². The molecule has 0 unspecified atom stereocenters. The highest BCUT2D eigenvalue weighted by atomic mass is 16.5. The fraction of sp³-hybridized carbons (Fsp3) is 0.571. The predicted octanol–water partition coefficient (Wildman–Crippen LogP) is 1.34. The number of carbonyl (C=O) groups is 2. The highest BCUT2D eigenvalue weighted by Gasteiger charge is 2.40. The molecule has 0 aliphatic carbocycles. The van der Waals surface area contributed by atoms with Crippen LogP contribution in [0.5, 0.6) is 0 Å². The van der Waals surface area contributed by atoms with Gasteiger partial charge in [0.2, 0.25) is 0 Å². The number of esters is 1. The number of aromatic nitrogens is 2. The van der Waals surface area contributed by atoms with Crippen molar-refractivity contribution in [3.8, 4) is 0 Å². The number of carboxylic acid groups (broad SMARTS) is 1. The molecule has 0 aromatic carbocycles. The maximum atomic E-state index is 11.5. The van der Waals surface area contributed by atoms with E-state index in [1.807, 2.05) is 11.8 Å². The Bertz CT molecular complexity index is 539.